The second-order valence-electron chi connectivity index (χ2n) is 4.67. The van der Waals surface area contributed by atoms with E-state index in [2.05, 4.69) is 11.4 Å². The molecule has 2 amide bonds. The first-order valence-electron chi connectivity index (χ1n) is 7.14. The van der Waals surface area contributed by atoms with Crippen LogP contribution in [0.1, 0.15) is 31.4 Å². The highest BCUT2D eigenvalue weighted by molar-refractivity contribution is 5.84. The van der Waals surface area contributed by atoms with Gasteiger partial charge < -0.3 is 10.2 Å². The Morgan fingerprint density at radius 1 is 1.24 bits per heavy atom. The van der Waals surface area contributed by atoms with Gasteiger partial charge in [0.15, 0.2) is 0 Å². The molecule has 0 atom stereocenters. The van der Waals surface area contributed by atoms with Gasteiger partial charge in [0.25, 0.3) is 0 Å². The minimum atomic E-state index is -0.133. The van der Waals surface area contributed by atoms with Crippen LogP contribution in [-0.4, -0.2) is 36.3 Å². The summed E-state index contributed by atoms with van der Waals surface area (Å²) in [6.45, 7) is 4.90. The number of nitrogens with one attached hydrogen (secondary N) is 1. The Morgan fingerprint density at radius 3 is 2.43 bits per heavy atom. The van der Waals surface area contributed by atoms with Gasteiger partial charge in [0, 0.05) is 19.5 Å². The van der Waals surface area contributed by atoms with Crippen molar-refractivity contribution >= 4 is 11.8 Å². The van der Waals surface area contributed by atoms with Crippen LogP contribution in [0.25, 0.3) is 0 Å². The van der Waals surface area contributed by atoms with E-state index in [0.29, 0.717) is 31.5 Å². The zero-order chi connectivity index (χ0) is 15.7. The normalized spacial score (nSPS) is 9.76. The summed E-state index contributed by atoms with van der Waals surface area (Å²) in [5.41, 5.74) is 1.62. The zero-order valence-corrected chi connectivity index (χ0v) is 12.6. The van der Waals surface area contributed by atoms with E-state index in [1.54, 1.807) is 17.0 Å². The monoisotopic (exact) mass is 287 g/mol. The van der Waals surface area contributed by atoms with Crippen molar-refractivity contribution in [3.8, 4) is 6.07 Å². The molecule has 5 heteroatoms. The van der Waals surface area contributed by atoms with Crippen molar-refractivity contribution in [1.29, 1.82) is 5.26 Å². The number of hydrogen-bond acceptors (Lipinski definition) is 3. The molecule has 0 spiro atoms. The summed E-state index contributed by atoms with van der Waals surface area (Å²) in [5.74, 6) is -0.167. The molecular formula is C16H21N3O2. The topological polar surface area (TPSA) is 73.2 Å². The van der Waals surface area contributed by atoms with Gasteiger partial charge in [-0.3, -0.25) is 9.59 Å². The van der Waals surface area contributed by atoms with E-state index < -0.39 is 0 Å². The number of amides is 2. The molecule has 0 unspecified atom stereocenters. The van der Waals surface area contributed by atoms with Crippen molar-refractivity contribution in [2.45, 2.75) is 26.7 Å². The van der Waals surface area contributed by atoms with Crippen molar-refractivity contribution in [2.24, 2.45) is 0 Å². The van der Waals surface area contributed by atoms with E-state index in [1.807, 2.05) is 26.0 Å². The molecule has 0 radical (unpaired) electrons. The molecular weight excluding hydrogens is 266 g/mol. The largest absolute Gasteiger partial charge is 0.355 e. The SMILES string of the molecule is CCNC(=O)CN(CC)C(=O)CCc1ccc(C#N)cc1. The molecule has 0 saturated heterocycles. The second-order valence-corrected chi connectivity index (χ2v) is 4.67. The Hall–Kier alpha value is -2.35. The van der Waals surface area contributed by atoms with Crippen molar-refractivity contribution < 1.29 is 9.59 Å². The third-order valence-electron chi connectivity index (χ3n) is 3.15. The van der Waals surface area contributed by atoms with E-state index >= 15 is 0 Å². The average molecular weight is 287 g/mol. The van der Waals surface area contributed by atoms with Crippen molar-refractivity contribution in [3.05, 3.63) is 35.4 Å². The summed E-state index contributed by atoms with van der Waals surface area (Å²) in [7, 11) is 0. The van der Waals surface area contributed by atoms with Crippen LogP contribution in [0.15, 0.2) is 24.3 Å². The molecule has 0 heterocycles. The number of likely N-dealkylation sites (N-methyl/N-ethyl adjacent to an activating group) is 2. The number of carbonyl (C=O) groups is 2. The molecule has 0 bridgehead atoms. The lowest BCUT2D eigenvalue weighted by Crippen LogP contribution is -2.40. The molecule has 0 saturated carbocycles. The third kappa shape index (κ3) is 5.65. The Labute approximate surface area is 125 Å². The second kappa shape index (κ2) is 8.75. The van der Waals surface area contributed by atoms with Crippen LogP contribution in [0.3, 0.4) is 0 Å². The van der Waals surface area contributed by atoms with Gasteiger partial charge in [0.1, 0.15) is 0 Å². The van der Waals surface area contributed by atoms with Gasteiger partial charge >= 0.3 is 0 Å². The molecule has 5 nitrogen and oxygen atoms in total. The number of aryl methyl sites for hydroxylation is 1. The average Bonchev–Trinajstić information content (AvgIpc) is 2.51. The number of carbonyl (C=O) groups excluding carboxylic acids is 2. The van der Waals surface area contributed by atoms with Crippen LogP contribution in [0, 0.1) is 11.3 Å². The highest BCUT2D eigenvalue weighted by atomic mass is 16.2. The van der Waals surface area contributed by atoms with Crippen LogP contribution < -0.4 is 5.32 Å². The Bertz CT molecular complexity index is 517. The predicted molar refractivity (Wildman–Crippen MR) is 80.4 cm³/mol. The first kappa shape index (κ1) is 16.7. The van der Waals surface area contributed by atoms with Crippen LogP contribution in [0.4, 0.5) is 0 Å². The first-order chi connectivity index (χ1) is 10.1. The number of hydrogen-bond donors (Lipinski definition) is 1. The van der Waals surface area contributed by atoms with Crippen LogP contribution in [-0.2, 0) is 16.0 Å². The molecule has 1 aromatic rings. The molecule has 0 aliphatic rings. The summed E-state index contributed by atoms with van der Waals surface area (Å²) in [4.78, 5) is 25.2. The van der Waals surface area contributed by atoms with Gasteiger partial charge in [0.05, 0.1) is 18.2 Å². The van der Waals surface area contributed by atoms with E-state index in [4.69, 9.17) is 5.26 Å². The standard InChI is InChI=1S/C16H21N3O2/c1-3-18-15(20)12-19(4-2)16(21)10-9-13-5-7-14(11-17)8-6-13/h5-8H,3-4,9-10,12H2,1-2H3,(H,18,20). The molecule has 1 aromatic carbocycles. The summed E-state index contributed by atoms with van der Waals surface area (Å²) < 4.78 is 0. The van der Waals surface area contributed by atoms with Crippen LogP contribution >= 0.6 is 0 Å². The van der Waals surface area contributed by atoms with Gasteiger partial charge in [0.2, 0.25) is 11.8 Å². The fourth-order valence-electron chi connectivity index (χ4n) is 1.96. The molecule has 112 valence electrons. The van der Waals surface area contributed by atoms with Gasteiger partial charge in [-0.15, -0.1) is 0 Å². The quantitative estimate of drug-likeness (QED) is 0.825. The van der Waals surface area contributed by atoms with Crippen LogP contribution in [0.2, 0.25) is 0 Å². The van der Waals surface area contributed by atoms with Gasteiger partial charge in [-0.2, -0.15) is 5.26 Å². The predicted octanol–water partition coefficient (Wildman–Crippen LogP) is 1.48. The van der Waals surface area contributed by atoms with Gasteiger partial charge in [-0.1, -0.05) is 12.1 Å². The smallest absolute Gasteiger partial charge is 0.239 e. The molecule has 1 rings (SSSR count). The maximum Gasteiger partial charge on any atom is 0.239 e. The molecule has 0 aliphatic carbocycles. The number of benzene rings is 1. The summed E-state index contributed by atoms with van der Waals surface area (Å²) in [6.07, 6.45) is 0.968. The molecule has 1 N–H and O–H groups in total. The van der Waals surface area contributed by atoms with Crippen molar-refractivity contribution in [3.63, 3.8) is 0 Å². The maximum atomic E-state index is 12.1. The fraction of sp³-hybridized carbons (Fsp3) is 0.438. The molecule has 0 aliphatic heterocycles. The van der Waals surface area contributed by atoms with E-state index in [-0.39, 0.29) is 18.4 Å². The lowest BCUT2D eigenvalue weighted by atomic mass is 10.1. The summed E-state index contributed by atoms with van der Waals surface area (Å²) in [6, 6.07) is 9.25. The van der Waals surface area contributed by atoms with E-state index in [1.165, 1.54) is 0 Å². The van der Waals surface area contributed by atoms with Crippen molar-refractivity contribution in [2.75, 3.05) is 19.6 Å². The Morgan fingerprint density at radius 2 is 1.90 bits per heavy atom. The zero-order valence-electron chi connectivity index (χ0n) is 12.6. The minimum Gasteiger partial charge on any atom is -0.355 e. The Kier molecular flexibility index (Phi) is 6.96. The highest BCUT2D eigenvalue weighted by Gasteiger charge is 2.14. The molecule has 0 aromatic heterocycles. The number of nitriles is 1. The minimum absolute atomic E-state index is 0.0342. The summed E-state index contributed by atoms with van der Waals surface area (Å²) in [5, 5.41) is 11.4. The first-order valence-corrected chi connectivity index (χ1v) is 7.14. The Balaban J connectivity index is 2.50. The van der Waals surface area contributed by atoms with Gasteiger partial charge in [-0.25, -0.2) is 0 Å². The lowest BCUT2D eigenvalue weighted by Gasteiger charge is -2.20. The van der Waals surface area contributed by atoms with Crippen LogP contribution in [0.5, 0.6) is 0 Å². The van der Waals surface area contributed by atoms with Crippen molar-refractivity contribution in [1.82, 2.24) is 10.2 Å². The molecule has 0 fully saturated rings. The number of nitrogens with zero attached hydrogens (tertiary/aromatic N) is 2. The third-order valence-corrected chi connectivity index (χ3v) is 3.15. The van der Waals surface area contributed by atoms with E-state index in [0.717, 1.165) is 5.56 Å². The highest BCUT2D eigenvalue weighted by Crippen LogP contribution is 2.07. The lowest BCUT2D eigenvalue weighted by molar-refractivity contribution is -0.135. The summed E-state index contributed by atoms with van der Waals surface area (Å²) >= 11 is 0. The fourth-order valence-corrected chi connectivity index (χ4v) is 1.96. The molecule has 21 heavy (non-hydrogen) atoms. The number of rotatable bonds is 7. The van der Waals surface area contributed by atoms with E-state index in [9.17, 15) is 9.59 Å². The van der Waals surface area contributed by atoms with Gasteiger partial charge in [-0.05, 0) is 38.0 Å². The maximum absolute atomic E-state index is 12.1.